The van der Waals surface area contributed by atoms with Gasteiger partial charge in [-0.1, -0.05) is 24.6 Å². The molecule has 2 rings (SSSR count). The average Bonchev–Trinajstić information content (AvgIpc) is 3.14. The van der Waals surface area contributed by atoms with E-state index in [0.717, 1.165) is 19.4 Å². The topological polar surface area (TPSA) is 21.3 Å². The molecule has 2 nitrogen and oxygen atoms in total. The number of halogens is 2. The van der Waals surface area contributed by atoms with Crippen molar-refractivity contribution in [3.8, 4) is 0 Å². The van der Waals surface area contributed by atoms with E-state index >= 15 is 0 Å². The van der Waals surface area contributed by atoms with Crippen molar-refractivity contribution in [1.29, 1.82) is 0 Å². The van der Waals surface area contributed by atoms with E-state index in [0.29, 0.717) is 16.5 Å². The highest BCUT2D eigenvalue weighted by Crippen LogP contribution is 2.40. The van der Waals surface area contributed by atoms with Gasteiger partial charge in [0.05, 0.1) is 12.1 Å². The second-order valence-corrected chi connectivity index (χ2v) is 5.18. The summed E-state index contributed by atoms with van der Waals surface area (Å²) in [6.07, 6.45) is 2.35. The summed E-state index contributed by atoms with van der Waals surface area (Å²) < 4.78 is 19.6. The Labute approximate surface area is 112 Å². The van der Waals surface area contributed by atoms with Gasteiger partial charge >= 0.3 is 0 Å². The molecule has 0 amide bonds. The maximum absolute atomic E-state index is 14.0. The lowest BCUT2D eigenvalue weighted by Crippen LogP contribution is -2.35. The first kappa shape index (κ1) is 13.8. The Morgan fingerprint density at radius 3 is 2.72 bits per heavy atom. The van der Waals surface area contributed by atoms with E-state index in [4.69, 9.17) is 16.3 Å². The molecule has 0 bridgehead atoms. The standard InChI is InChI=1S/C14H19ClFNO/c1-3-17-13(14(18-2)9-4-5-9)11-7-6-10(15)8-12(11)16/h6-9,13-14,17H,3-5H2,1-2H3. The molecule has 1 N–H and O–H groups in total. The number of methoxy groups -OCH3 is 1. The van der Waals surface area contributed by atoms with Crippen molar-refractivity contribution in [3.05, 3.63) is 34.6 Å². The van der Waals surface area contributed by atoms with E-state index in [9.17, 15) is 4.39 Å². The van der Waals surface area contributed by atoms with Crippen molar-refractivity contribution in [2.45, 2.75) is 31.9 Å². The summed E-state index contributed by atoms with van der Waals surface area (Å²) in [5, 5.41) is 3.75. The monoisotopic (exact) mass is 271 g/mol. The van der Waals surface area contributed by atoms with Gasteiger partial charge in [0.15, 0.2) is 0 Å². The van der Waals surface area contributed by atoms with Crippen LogP contribution in [0, 0.1) is 11.7 Å². The molecule has 4 heteroatoms. The Kier molecular flexibility index (Phi) is 4.60. The van der Waals surface area contributed by atoms with Crippen LogP contribution in [0.25, 0.3) is 0 Å². The quantitative estimate of drug-likeness (QED) is 0.854. The molecular weight excluding hydrogens is 253 g/mol. The van der Waals surface area contributed by atoms with Crippen LogP contribution in [0.15, 0.2) is 18.2 Å². The summed E-state index contributed by atoms with van der Waals surface area (Å²) in [5.74, 6) is 0.269. The van der Waals surface area contributed by atoms with E-state index in [-0.39, 0.29) is 18.0 Å². The van der Waals surface area contributed by atoms with Gasteiger partial charge in [0.25, 0.3) is 0 Å². The highest BCUT2D eigenvalue weighted by molar-refractivity contribution is 6.30. The van der Waals surface area contributed by atoms with Crippen molar-refractivity contribution in [2.75, 3.05) is 13.7 Å². The predicted octanol–water partition coefficient (Wildman–Crippen LogP) is 3.55. The molecular formula is C14H19ClFNO. The Balaban J connectivity index is 2.27. The van der Waals surface area contributed by atoms with Gasteiger partial charge in [-0.05, 0) is 37.4 Å². The molecule has 1 saturated carbocycles. The number of likely N-dealkylation sites (N-methyl/N-ethyl adjacent to an activating group) is 1. The number of nitrogens with one attached hydrogen (secondary N) is 1. The highest BCUT2D eigenvalue weighted by atomic mass is 35.5. The number of hydrogen-bond acceptors (Lipinski definition) is 2. The van der Waals surface area contributed by atoms with Crippen LogP contribution in [0.5, 0.6) is 0 Å². The molecule has 1 fully saturated rings. The third-order valence-electron chi connectivity index (χ3n) is 3.41. The summed E-state index contributed by atoms with van der Waals surface area (Å²) >= 11 is 5.80. The Bertz CT molecular complexity index is 409. The third kappa shape index (κ3) is 3.02. The van der Waals surface area contributed by atoms with Crippen molar-refractivity contribution in [1.82, 2.24) is 5.32 Å². The summed E-state index contributed by atoms with van der Waals surface area (Å²) in [7, 11) is 1.70. The molecule has 100 valence electrons. The van der Waals surface area contributed by atoms with E-state index < -0.39 is 0 Å². The molecule has 0 saturated heterocycles. The minimum absolute atomic E-state index is 0.0284. The van der Waals surface area contributed by atoms with Gasteiger partial charge in [0, 0.05) is 17.7 Å². The highest BCUT2D eigenvalue weighted by Gasteiger charge is 2.38. The van der Waals surface area contributed by atoms with E-state index in [2.05, 4.69) is 5.32 Å². The fraction of sp³-hybridized carbons (Fsp3) is 0.571. The van der Waals surface area contributed by atoms with Gasteiger partial charge in [-0.2, -0.15) is 0 Å². The number of hydrogen-bond donors (Lipinski definition) is 1. The van der Waals surface area contributed by atoms with Crippen molar-refractivity contribution >= 4 is 11.6 Å². The average molecular weight is 272 g/mol. The van der Waals surface area contributed by atoms with Gasteiger partial charge < -0.3 is 10.1 Å². The minimum atomic E-state index is -0.267. The van der Waals surface area contributed by atoms with Gasteiger partial charge in [-0.15, -0.1) is 0 Å². The number of benzene rings is 1. The second-order valence-electron chi connectivity index (χ2n) is 4.74. The molecule has 1 aliphatic rings. The zero-order chi connectivity index (χ0) is 13.1. The summed E-state index contributed by atoms with van der Waals surface area (Å²) in [6, 6.07) is 4.73. The van der Waals surface area contributed by atoms with E-state index in [1.165, 1.54) is 6.07 Å². The third-order valence-corrected chi connectivity index (χ3v) is 3.64. The first-order chi connectivity index (χ1) is 8.67. The molecule has 0 spiro atoms. The first-order valence-electron chi connectivity index (χ1n) is 6.38. The Morgan fingerprint density at radius 1 is 1.50 bits per heavy atom. The van der Waals surface area contributed by atoms with Crippen LogP contribution in [0.4, 0.5) is 4.39 Å². The minimum Gasteiger partial charge on any atom is -0.379 e. The number of rotatable bonds is 6. The van der Waals surface area contributed by atoms with Crippen LogP contribution >= 0.6 is 11.6 Å². The van der Waals surface area contributed by atoms with Crippen LogP contribution in [-0.2, 0) is 4.74 Å². The molecule has 2 unspecified atom stereocenters. The molecule has 0 heterocycles. The predicted molar refractivity (Wildman–Crippen MR) is 71.3 cm³/mol. The SMILES string of the molecule is CCNC(c1ccc(Cl)cc1F)C(OC)C1CC1. The summed E-state index contributed by atoms with van der Waals surface area (Å²) in [6.45, 7) is 2.79. The lowest BCUT2D eigenvalue weighted by atomic mass is 9.97. The lowest BCUT2D eigenvalue weighted by molar-refractivity contribution is 0.0501. The van der Waals surface area contributed by atoms with Crippen molar-refractivity contribution < 1.29 is 9.13 Å². The zero-order valence-corrected chi connectivity index (χ0v) is 11.5. The molecule has 0 radical (unpaired) electrons. The molecule has 2 atom stereocenters. The maximum Gasteiger partial charge on any atom is 0.129 e. The van der Waals surface area contributed by atoms with E-state index in [1.54, 1.807) is 19.2 Å². The van der Waals surface area contributed by atoms with Crippen LogP contribution in [-0.4, -0.2) is 19.8 Å². The Morgan fingerprint density at radius 2 is 2.22 bits per heavy atom. The van der Waals surface area contributed by atoms with Gasteiger partial charge in [-0.25, -0.2) is 4.39 Å². The normalized spacial score (nSPS) is 18.7. The molecule has 0 aliphatic heterocycles. The molecule has 1 aromatic carbocycles. The largest absolute Gasteiger partial charge is 0.379 e. The van der Waals surface area contributed by atoms with Crippen LogP contribution in [0.2, 0.25) is 5.02 Å². The smallest absolute Gasteiger partial charge is 0.129 e. The fourth-order valence-electron chi connectivity index (χ4n) is 2.40. The second kappa shape index (κ2) is 6.00. The summed E-state index contributed by atoms with van der Waals surface area (Å²) in [5.41, 5.74) is 0.639. The lowest BCUT2D eigenvalue weighted by Gasteiger charge is -2.27. The van der Waals surface area contributed by atoms with Crippen molar-refractivity contribution in [3.63, 3.8) is 0 Å². The van der Waals surface area contributed by atoms with Crippen LogP contribution in [0.3, 0.4) is 0 Å². The summed E-state index contributed by atoms with van der Waals surface area (Å²) in [4.78, 5) is 0. The van der Waals surface area contributed by atoms with E-state index in [1.807, 2.05) is 6.92 Å². The van der Waals surface area contributed by atoms with Crippen LogP contribution < -0.4 is 5.32 Å². The fourth-order valence-corrected chi connectivity index (χ4v) is 2.56. The van der Waals surface area contributed by atoms with Crippen molar-refractivity contribution in [2.24, 2.45) is 5.92 Å². The Hall–Kier alpha value is -0.640. The van der Waals surface area contributed by atoms with Crippen LogP contribution in [0.1, 0.15) is 31.4 Å². The van der Waals surface area contributed by atoms with Gasteiger partial charge in [-0.3, -0.25) is 0 Å². The molecule has 0 aromatic heterocycles. The number of ether oxygens (including phenoxy) is 1. The zero-order valence-electron chi connectivity index (χ0n) is 10.7. The maximum atomic E-state index is 14.0. The molecule has 18 heavy (non-hydrogen) atoms. The molecule has 1 aromatic rings. The first-order valence-corrected chi connectivity index (χ1v) is 6.76. The van der Waals surface area contributed by atoms with Gasteiger partial charge in [0.2, 0.25) is 0 Å². The van der Waals surface area contributed by atoms with Gasteiger partial charge in [0.1, 0.15) is 5.82 Å². The molecule has 1 aliphatic carbocycles.